The van der Waals surface area contributed by atoms with Crippen LogP contribution in [0.3, 0.4) is 0 Å². The molecule has 1 heterocycles. The van der Waals surface area contributed by atoms with Crippen molar-refractivity contribution < 1.29 is 38.6 Å². The SMILES string of the molecule is C/C=C\C(N)=N/C(CCC)(CCCCCCCCC1OC(COP(=O)(O)O)C(O)C1O)C(C)=O. The van der Waals surface area contributed by atoms with Crippen LogP contribution in [0.5, 0.6) is 0 Å². The minimum Gasteiger partial charge on any atom is -0.388 e. The van der Waals surface area contributed by atoms with E-state index < -0.39 is 44.4 Å². The van der Waals surface area contributed by atoms with Crippen LogP contribution in [-0.4, -0.2) is 68.2 Å². The number of nitrogens with two attached hydrogens (primary N) is 1. The van der Waals surface area contributed by atoms with Gasteiger partial charge in [-0.15, -0.1) is 0 Å². The number of amidine groups is 1. The molecule has 0 bridgehead atoms. The van der Waals surface area contributed by atoms with Crippen LogP contribution in [0.2, 0.25) is 0 Å². The first kappa shape index (κ1) is 30.9. The highest BCUT2D eigenvalue weighted by molar-refractivity contribution is 7.46. The molecule has 0 saturated carbocycles. The molecule has 1 aliphatic rings. The fraction of sp³-hybridized carbons (Fsp3) is 0.826. The summed E-state index contributed by atoms with van der Waals surface area (Å²) in [6, 6.07) is 0. The number of hydrogen-bond acceptors (Lipinski definition) is 7. The Morgan fingerprint density at radius 1 is 1.09 bits per heavy atom. The Bertz CT molecular complexity index is 726. The van der Waals surface area contributed by atoms with Crippen LogP contribution in [0.1, 0.15) is 85.0 Å². The summed E-state index contributed by atoms with van der Waals surface area (Å²) in [6.45, 7) is 5.00. The van der Waals surface area contributed by atoms with Crippen LogP contribution < -0.4 is 5.73 Å². The van der Waals surface area contributed by atoms with Gasteiger partial charge in [0.2, 0.25) is 0 Å². The molecular weight excluding hydrogens is 463 g/mol. The highest BCUT2D eigenvalue weighted by atomic mass is 31.2. The van der Waals surface area contributed by atoms with Gasteiger partial charge in [-0.2, -0.15) is 0 Å². The van der Waals surface area contributed by atoms with E-state index in [1.807, 2.05) is 19.9 Å². The summed E-state index contributed by atoms with van der Waals surface area (Å²) in [5, 5.41) is 20.1. The van der Waals surface area contributed by atoms with Gasteiger partial charge in [0.25, 0.3) is 0 Å². The Kier molecular flexibility index (Phi) is 13.7. The number of hydrogen-bond donors (Lipinski definition) is 5. The van der Waals surface area contributed by atoms with E-state index in [9.17, 15) is 19.6 Å². The van der Waals surface area contributed by atoms with Gasteiger partial charge in [0, 0.05) is 0 Å². The van der Waals surface area contributed by atoms with Crippen molar-refractivity contribution in [2.75, 3.05) is 6.61 Å². The van der Waals surface area contributed by atoms with E-state index >= 15 is 0 Å². The number of carbonyl (C=O) groups excluding carboxylic acids is 1. The third-order valence-corrected chi connectivity index (χ3v) is 6.68. The summed E-state index contributed by atoms with van der Waals surface area (Å²) in [5.41, 5.74) is 5.21. The van der Waals surface area contributed by atoms with Gasteiger partial charge in [0.1, 0.15) is 29.7 Å². The van der Waals surface area contributed by atoms with Gasteiger partial charge in [-0.25, -0.2) is 4.57 Å². The number of aliphatic hydroxyl groups excluding tert-OH is 2. The van der Waals surface area contributed by atoms with E-state index in [0.717, 1.165) is 44.9 Å². The van der Waals surface area contributed by atoms with Gasteiger partial charge in [-0.3, -0.25) is 14.3 Å². The van der Waals surface area contributed by atoms with Crippen molar-refractivity contribution in [1.29, 1.82) is 0 Å². The number of unbranched alkanes of at least 4 members (excludes halogenated alkanes) is 5. The van der Waals surface area contributed by atoms with Crippen molar-refractivity contribution >= 4 is 19.4 Å². The molecule has 5 unspecified atom stereocenters. The number of phosphoric acid groups is 1. The molecule has 10 nitrogen and oxygen atoms in total. The molecule has 1 saturated heterocycles. The highest BCUT2D eigenvalue weighted by Gasteiger charge is 2.43. The fourth-order valence-corrected chi connectivity index (χ4v) is 4.72. The number of ether oxygens (including phenoxy) is 1. The second-order valence-corrected chi connectivity index (χ2v) is 10.3. The van der Waals surface area contributed by atoms with Gasteiger partial charge in [-0.1, -0.05) is 57.9 Å². The maximum absolute atomic E-state index is 12.4. The monoisotopic (exact) mass is 506 g/mol. The third-order valence-electron chi connectivity index (χ3n) is 6.20. The summed E-state index contributed by atoms with van der Waals surface area (Å²) in [6.07, 6.45) is 7.89. The number of phosphoric ester groups is 1. The number of aliphatic imine (C=N–C) groups is 1. The minimum absolute atomic E-state index is 0.0450. The van der Waals surface area contributed by atoms with Crippen LogP contribution in [0.25, 0.3) is 0 Å². The summed E-state index contributed by atoms with van der Waals surface area (Å²) < 4.78 is 20.7. The van der Waals surface area contributed by atoms with Crippen molar-refractivity contribution in [3.8, 4) is 0 Å². The van der Waals surface area contributed by atoms with Gasteiger partial charge < -0.3 is 30.5 Å². The first-order valence-electron chi connectivity index (χ1n) is 12.2. The Hall–Kier alpha value is -1.13. The molecule has 1 rings (SSSR count). The summed E-state index contributed by atoms with van der Waals surface area (Å²) >= 11 is 0. The zero-order chi connectivity index (χ0) is 25.8. The van der Waals surface area contributed by atoms with Gasteiger partial charge >= 0.3 is 7.82 Å². The zero-order valence-corrected chi connectivity index (χ0v) is 21.5. The molecule has 1 aliphatic heterocycles. The molecule has 0 aromatic carbocycles. The van der Waals surface area contributed by atoms with E-state index in [-0.39, 0.29) is 5.78 Å². The minimum atomic E-state index is -4.66. The molecule has 34 heavy (non-hydrogen) atoms. The molecule has 0 aromatic rings. The van der Waals surface area contributed by atoms with Crippen LogP contribution >= 0.6 is 7.82 Å². The lowest BCUT2D eigenvalue weighted by Gasteiger charge is -2.27. The summed E-state index contributed by atoms with van der Waals surface area (Å²) in [5.74, 6) is 0.423. The van der Waals surface area contributed by atoms with Crippen LogP contribution in [0.4, 0.5) is 0 Å². The van der Waals surface area contributed by atoms with Crippen molar-refractivity contribution in [3.05, 3.63) is 12.2 Å². The molecule has 5 atom stereocenters. The average molecular weight is 507 g/mol. The van der Waals surface area contributed by atoms with E-state index in [4.69, 9.17) is 20.3 Å². The molecule has 0 aromatic heterocycles. The van der Waals surface area contributed by atoms with Crippen molar-refractivity contribution in [3.63, 3.8) is 0 Å². The third kappa shape index (κ3) is 10.6. The molecule has 0 aliphatic carbocycles. The Labute approximate surface area is 202 Å². The molecule has 1 fully saturated rings. The number of ketones is 1. The number of aliphatic hydroxyl groups is 2. The van der Waals surface area contributed by atoms with Crippen molar-refractivity contribution in [1.82, 2.24) is 0 Å². The van der Waals surface area contributed by atoms with Gasteiger partial charge in [0.05, 0.1) is 12.7 Å². The molecule has 6 N–H and O–H groups in total. The number of allylic oxidation sites excluding steroid dienone is 1. The largest absolute Gasteiger partial charge is 0.469 e. The Balaban J connectivity index is 2.35. The predicted molar refractivity (Wildman–Crippen MR) is 130 cm³/mol. The molecule has 0 radical (unpaired) electrons. The number of carbonyl (C=O) groups is 1. The van der Waals surface area contributed by atoms with E-state index in [0.29, 0.717) is 25.1 Å². The lowest BCUT2D eigenvalue weighted by atomic mass is 9.84. The summed E-state index contributed by atoms with van der Waals surface area (Å²) in [4.78, 5) is 34.5. The van der Waals surface area contributed by atoms with Gasteiger partial charge in [0.15, 0.2) is 5.78 Å². The lowest BCUT2D eigenvalue weighted by Crippen LogP contribution is -2.37. The highest BCUT2D eigenvalue weighted by Crippen LogP contribution is 2.37. The number of nitrogens with zero attached hydrogens (tertiary/aromatic N) is 1. The van der Waals surface area contributed by atoms with Crippen LogP contribution in [0.15, 0.2) is 17.1 Å². The first-order valence-corrected chi connectivity index (χ1v) is 13.7. The second-order valence-electron chi connectivity index (χ2n) is 9.01. The zero-order valence-electron chi connectivity index (χ0n) is 20.6. The Morgan fingerprint density at radius 2 is 1.68 bits per heavy atom. The molecule has 198 valence electrons. The maximum atomic E-state index is 12.4. The lowest BCUT2D eigenvalue weighted by molar-refractivity contribution is -0.122. The first-order chi connectivity index (χ1) is 16.0. The smallest absolute Gasteiger partial charge is 0.388 e. The number of Topliss-reactive ketones (excluding diaryl/α,β-unsaturated/α-hetero) is 1. The second kappa shape index (κ2) is 15.1. The average Bonchev–Trinajstić information content (AvgIpc) is 3.01. The van der Waals surface area contributed by atoms with Crippen LogP contribution in [0, 0.1) is 0 Å². The molecule has 11 heteroatoms. The predicted octanol–water partition coefficient (Wildman–Crippen LogP) is 2.77. The maximum Gasteiger partial charge on any atom is 0.469 e. The molecule has 0 spiro atoms. The topological polar surface area (TPSA) is 172 Å². The standard InChI is InChI=1S/C23H43N2O8P/c1-4-12-20(24)25-23(14-5-2,17(3)26)15-11-9-7-6-8-10-13-18-21(27)22(28)19(33-18)16-32-34(29,30)31/h4,12,18-19,21-22,27-28H,5-11,13-16H2,1-3H3,(H2,24,25)(H2,29,30,31)/b12-4-. The summed E-state index contributed by atoms with van der Waals surface area (Å²) in [7, 11) is -4.66. The van der Waals surface area contributed by atoms with Crippen molar-refractivity contribution in [2.24, 2.45) is 10.7 Å². The molecule has 0 amide bonds. The van der Waals surface area contributed by atoms with Gasteiger partial charge in [-0.05, 0) is 39.2 Å². The fourth-order valence-electron chi connectivity index (χ4n) is 4.38. The molecular formula is C23H43N2O8P. The number of rotatable bonds is 17. The van der Waals surface area contributed by atoms with E-state index in [2.05, 4.69) is 9.52 Å². The van der Waals surface area contributed by atoms with Crippen molar-refractivity contribution in [2.45, 2.75) is 115 Å². The normalized spacial score (nSPS) is 25.7. The van der Waals surface area contributed by atoms with E-state index in [1.165, 1.54) is 0 Å². The quantitative estimate of drug-likeness (QED) is 0.0860. The Morgan fingerprint density at radius 3 is 2.24 bits per heavy atom. The van der Waals surface area contributed by atoms with E-state index in [1.54, 1.807) is 13.0 Å². The van der Waals surface area contributed by atoms with Crippen LogP contribution in [-0.2, 0) is 18.6 Å².